The van der Waals surface area contributed by atoms with Crippen LogP contribution in [0.25, 0.3) is 0 Å². The summed E-state index contributed by atoms with van der Waals surface area (Å²) in [4.78, 5) is 0. The van der Waals surface area contributed by atoms with Crippen molar-refractivity contribution in [2.24, 2.45) is 23.5 Å². The minimum Gasteiger partial charge on any atom is -0.324 e. The molecule has 4 fully saturated rings. The van der Waals surface area contributed by atoms with Crippen LogP contribution in [-0.4, -0.2) is 17.6 Å². The molecule has 2 nitrogen and oxygen atoms in total. The van der Waals surface area contributed by atoms with E-state index in [1.807, 2.05) is 0 Å². The molecule has 0 heterocycles. The van der Waals surface area contributed by atoms with Gasteiger partial charge in [0.2, 0.25) is 0 Å². The summed E-state index contributed by atoms with van der Waals surface area (Å²) in [5.41, 5.74) is 6.51. The Balaban J connectivity index is 1.69. The highest BCUT2D eigenvalue weighted by Crippen LogP contribution is 2.55. The van der Waals surface area contributed by atoms with Gasteiger partial charge in [-0.2, -0.15) is 0 Å². The van der Waals surface area contributed by atoms with Crippen molar-refractivity contribution in [3.8, 4) is 0 Å². The third kappa shape index (κ3) is 2.02. The van der Waals surface area contributed by atoms with Crippen LogP contribution in [0.3, 0.4) is 0 Å². The second-order valence-electron chi connectivity index (χ2n) is 7.54. The lowest BCUT2D eigenvalue weighted by molar-refractivity contribution is -0.0214. The Kier molecular flexibility index (Phi) is 2.38. The van der Waals surface area contributed by atoms with E-state index in [0.29, 0.717) is 5.54 Å². The first-order chi connectivity index (χ1) is 7.44. The fraction of sp³-hybridized carbons (Fsp3) is 1.00. The standard InChI is InChI=1S/C14H26N2/c1-13(2,15)9-16-14-6-10-3-11(7-14)5-12(4-10)8-14/h10-12,16H,3-9,15H2,1-2H3. The summed E-state index contributed by atoms with van der Waals surface area (Å²) >= 11 is 0. The van der Waals surface area contributed by atoms with E-state index in [1.54, 1.807) is 0 Å². The van der Waals surface area contributed by atoms with E-state index >= 15 is 0 Å². The van der Waals surface area contributed by atoms with Crippen molar-refractivity contribution in [1.82, 2.24) is 5.32 Å². The fourth-order valence-electron chi connectivity index (χ4n) is 4.74. The van der Waals surface area contributed by atoms with Crippen molar-refractivity contribution in [2.75, 3.05) is 6.54 Å². The lowest BCUT2D eigenvalue weighted by atomic mass is 9.53. The van der Waals surface area contributed by atoms with Gasteiger partial charge in [-0.05, 0) is 70.1 Å². The molecule has 0 unspecified atom stereocenters. The summed E-state index contributed by atoms with van der Waals surface area (Å²) in [5.74, 6) is 3.08. The van der Waals surface area contributed by atoms with Crippen LogP contribution in [0.1, 0.15) is 52.4 Å². The van der Waals surface area contributed by atoms with Gasteiger partial charge >= 0.3 is 0 Å². The van der Waals surface area contributed by atoms with Gasteiger partial charge in [-0.1, -0.05) is 0 Å². The van der Waals surface area contributed by atoms with Crippen LogP contribution < -0.4 is 11.1 Å². The maximum atomic E-state index is 6.10. The minimum absolute atomic E-state index is 0.0661. The van der Waals surface area contributed by atoms with Gasteiger partial charge in [-0.25, -0.2) is 0 Å². The van der Waals surface area contributed by atoms with Crippen LogP contribution in [0.5, 0.6) is 0 Å². The summed E-state index contributed by atoms with van der Waals surface area (Å²) < 4.78 is 0. The predicted molar refractivity (Wildman–Crippen MR) is 67.2 cm³/mol. The highest BCUT2D eigenvalue weighted by atomic mass is 15.0. The Morgan fingerprint density at radius 3 is 1.88 bits per heavy atom. The molecule has 4 rings (SSSR count). The molecule has 2 heteroatoms. The highest BCUT2D eigenvalue weighted by molar-refractivity contribution is 5.06. The molecule has 0 saturated heterocycles. The summed E-state index contributed by atoms with van der Waals surface area (Å²) in [6, 6.07) is 0. The van der Waals surface area contributed by atoms with E-state index in [0.717, 1.165) is 24.3 Å². The first kappa shape index (κ1) is 11.0. The lowest BCUT2D eigenvalue weighted by Gasteiger charge is -2.57. The molecule has 92 valence electrons. The van der Waals surface area contributed by atoms with E-state index in [4.69, 9.17) is 5.73 Å². The van der Waals surface area contributed by atoms with Gasteiger partial charge in [-0.3, -0.25) is 0 Å². The zero-order valence-corrected chi connectivity index (χ0v) is 10.8. The average Bonchev–Trinajstić information content (AvgIpc) is 2.11. The number of nitrogens with two attached hydrogens (primary N) is 1. The van der Waals surface area contributed by atoms with E-state index in [-0.39, 0.29) is 5.54 Å². The van der Waals surface area contributed by atoms with Crippen molar-refractivity contribution >= 4 is 0 Å². The zero-order chi connectivity index (χ0) is 11.4. The third-order valence-electron chi connectivity index (χ3n) is 4.96. The molecule has 0 aromatic rings. The SMILES string of the molecule is CC(C)(N)CNC12CC3CC(CC(C3)C1)C2. The van der Waals surface area contributed by atoms with Gasteiger partial charge in [0, 0.05) is 17.6 Å². The smallest absolute Gasteiger partial charge is 0.0223 e. The van der Waals surface area contributed by atoms with Gasteiger partial charge in [0.05, 0.1) is 0 Å². The van der Waals surface area contributed by atoms with Gasteiger partial charge in [0.15, 0.2) is 0 Å². The largest absolute Gasteiger partial charge is 0.324 e. The van der Waals surface area contributed by atoms with Crippen LogP contribution in [0, 0.1) is 17.8 Å². The lowest BCUT2D eigenvalue weighted by Crippen LogP contribution is -2.61. The van der Waals surface area contributed by atoms with E-state index in [1.165, 1.54) is 38.5 Å². The number of hydrogen-bond donors (Lipinski definition) is 2. The topological polar surface area (TPSA) is 38.0 Å². The summed E-state index contributed by atoms with van der Waals surface area (Å²) in [5, 5.41) is 3.84. The molecule has 4 aliphatic rings. The molecule has 4 aliphatic carbocycles. The third-order valence-corrected chi connectivity index (χ3v) is 4.96. The van der Waals surface area contributed by atoms with Crippen LogP contribution in [0.4, 0.5) is 0 Å². The number of nitrogens with one attached hydrogen (secondary N) is 1. The van der Waals surface area contributed by atoms with Crippen LogP contribution in [0.2, 0.25) is 0 Å². The van der Waals surface area contributed by atoms with Gasteiger partial charge < -0.3 is 11.1 Å². The van der Waals surface area contributed by atoms with Crippen molar-refractivity contribution in [3.05, 3.63) is 0 Å². The zero-order valence-electron chi connectivity index (χ0n) is 10.8. The van der Waals surface area contributed by atoms with Crippen LogP contribution in [0.15, 0.2) is 0 Å². The maximum absolute atomic E-state index is 6.10. The van der Waals surface area contributed by atoms with Crippen molar-refractivity contribution in [2.45, 2.75) is 63.5 Å². The molecule has 0 radical (unpaired) electrons. The van der Waals surface area contributed by atoms with Crippen molar-refractivity contribution < 1.29 is 0 Å². The quantitative estimate of drug-likeness (QED) is 0.769. The van der Waals surface area contributed by atoms with Crippen molar-refractivity contribution in [1.29, 1.82) is 0 Å². The van der Waals surface area contributed by atoms with Gasteiger partial charge in [0.1, 0.15) is 0 Å². The molecule has 4 saturated carbocycles. The Bertz CT molecular complexity index is 242. The van der Waals surface area contributed by atoms with Gasteiger partial charge in [-0.15, -0.1) is 0 Å². The first-order valence-electron chi connectivity index (χ1n) is 6.98. The second kappa shape index (κ2) is 3.46. The molecular weight excluding hydrogens is 196 g/mol. The molecule has 0 spiro atoms. The van der Waals surface area contributed by atoms with E-state index in [9.17, 15) is 0 Å². The molecule has 3 N–H and O–H groups in total. The Labute approximate surface area is 99.4 Å². The van der Waals surface area contributed by atoms with E-state index in [2.05, 4.69) is 19.2 Å². The van der Waals surface area contributed by atoms with E-state index < -0.39 is 0 Å². The Hall–Kier alpha value is -0.0800. The van der Waals surface area contributed by atoms with Crippen molar-refractivity contribution in [3.63, 3.8) is 0 Å². The molecular formula is C14H26N2. The first-order valence-corrected chi connectivity index (χ1v) is 6.98. The number of hydrogen-bond acceptors (Lipinski definition) is 2. The highest BCUT2D eigenvalue weighted by Gasteiger charge is 2.50. The monoisotopic (exact) mass is 222 g/mol. The maximum Gasteiger partial charge on any atom is 0.0223 e. The summed E-state index contributed by atoms with van der Waals surface area (Å²) in [7, 11) is 0. The molecule has 0 aromatic heterocycles. The minimum atomic E-state index is -0.0661. The summed E-state index contributed by atoms with van der Waals surface area (Å²) in [6.07, 6.45) is 8.84. The predicted octanol–water partition coefficient (Wildman–Crippen LogP) is 2.28. The Morgan fingerprint density at radius 2 is 1.50 bits per heavy atom. The average molecular weight is 222 g/mol. The van der Waals surface area contributed by atoms with Crippen LogP contribution >= 0.6 is 0 Å². The molecule has 0 aliphatic heterocycles. The molecule has 0 aromatic carbocycles. The fourth-order valence-corrected chi connectivity index (χ4v) is 4.74. The Morgan fingerprint density at radius 1 is 1.06 bits per heavy atom. The van der Waals surface area contributed by atoms with Gasteiger partial charge in [0.25, 0.3) is 0 Å². The van der Waals surface area contributed by atoms with Crippen LogP contribution in [-0.2, 0) is 0 Å². The molecule has 16 heavy (non-hydrogen) atoms. The summed E-state index contributed by atoms with van der Waals surface area (Å²) in [6.45, 7) is 5.22. The molecule has 0 atom stereocenters. The number of rotatable bonds is 3. The molecule has 4 bridgehead atoms. The second-order valence-corrected chi connectivity index (χ2v) is 7.54. The normalized spacial score (nSPS) is 46.3. The molecule has 0 amide bonds.